The first-order chi connectivity index (χ1) is 16.4. The van der Waals surface area contributed by atoms with Crippen LogP contribution in [0.2, 0.25) is 0 Å². The summed E-state index contributed by atoms with van der Waals surface area (Å²) < 4.78 is 116. The molecule has 0 radical (unpaired) electrons. The Kier molecular flexibility index (Phi) is 7.72. The molecule has 0 saturated carbocycles. The van der Waals surface area contributed by atoms with E-state index in [1.807, 2.05) is 19.1 Å². The Labute approximate surface area is 195 Å². The molecule has 0 fully saturated rings. The van der Waals surface area contributed by atoms with E-state index in [-0.39, 0.29) is 11.6 Å². The standard InChI is InChI=1S/C25H18F8O2/c1-2-3-4-5-15-6-8-16(9-7-15)17-12-20(27)23(21(28)13-17)24(29,30)34-18-10-11-22(19(26)14-18)35-25(31,32)33/h2-3,6-14H,4-5H2,1H3. The SMILES string of the molecule is CC=CCCc1ccc(-c2cc(F)c(C(F)(F)Oc3ccc(OC(F)(F)F)c(F)c3)c(F)c2)cc1. The minimum atomic E-state index is -5.21. The Hall–Kier alpha value is -3.56. The second-order valence-corrected chi connectivity index (χ2v) is 7.38. The van der Waals surface area contributed by atoms with Crippen molar-refractivity contribution in [3.05, 3.63) is 95.3 Å². The summed E-state index contributed by atoms with van der Waals surface area (Å²) in [5.41, 5.74) is -0.376. The van der Waals surface area contributed by atoms with Gasteiger partial charge in [-0.3, -0.25) is 0 Å². The summed E-state index contributed by atoms with van der Waals surface area (Å²) in [6, 6.07) is 9.21. The van der Waals surface area contributed by atoms with Gasteiger partial charge in [0.15, 0.2) is 11.6 Å². The first-order valence-corrected chi connectivity index (χ1v) is 10.2. The minimum absolute atomic E-state index is 0.000694. The molecule has 3 rings (SSSR count). The number of alkyl halides is 5. The van der Waals surface area contributed by atoms with Crippen LogP contribution in [0.1, 0.15) is 24.5 Å². The average molecular weight is 502 g/mol. The fourth-order valence-corrected chi connectivity index (χ4v) is 3.25. The highest BCUT2D eigenvalue weighted by Gasteiger charge is 2.41. The van der Waals surface area contributed by atoms with Crippen molar-refractivity contribution in [1.29, 1.82) is 0 Å². The molecule has 0 amide bonds. The van der Waals surface area contributed by atoms with Crippen LogP contribution in [0.3, 0.4) is 0 Å². The summed E-state index contributed by atoms with van der Waals surface area (Å²) in [5.74, 6) is -7.18. The first-order valence-electron chi connectivity index (χ1n) is 10.2. The molecule has 0 aliphatic heterocycles. The summed E-state index contributed by atoms with van der Waals surface area (Å²) in [7, 11) is 0. The highest BCUT2D eigenvalue weighted by Crippen LogP contribution is 2.38. The van der Waals surface area contributed by atoms with Gasteiger partial charge in [-0.2, -0.15) is 8.78 Å². The number of benzene rings is 3. The Morgan fingerprint density at radius 3 is 1.91 bits per heavy atom. The van der Waals surface area contributed by atoms with Gasteiger partial charge in [0.1, 0.15) is 22.9 Å². The summed E-state index contributed by atoms with van der Waals surface area (Å²) in [5, 5.41) is 0. The number of aryl methyl sites for hydroxylation is 1. The summed E-state index contributed by atoms with van der Waals surface area (Å²) in [6.07, 6.45) is -4.37. The van der Waals surface area contributed by atoms with Crippen molar-refractivity contribution in [1.82, 2.24) is 0 Å². The van der Waals surface area contributed by atoms with Crippen LogP contribution in [-0.4, -0.2) is 6.36 Å². The van der Waals surface area contributed by atoms with Crippen molar-refractivity contribution in [2.45, 2.75) is 32.2 Å². The highest BCUT2D eigenvalue weighted by atomic mass is 19.4. The lowest BCUT2D eigenvalue weighted by Crippen LogP contribution is -2.25. The topological polar surface area (TPSA) is 18.5 Å². The van der Waals surface area contributed by atoms with Crippen LogP contribution in [0.4, 0.5) is 35.1 Å². The molecule has 0 aliphatic carbocycles. The first kappa shape index (κ1) is 26.1. The number of rotatable bonds is 8. The fraction of sp³-hybridized carbons (Fsp3) is 0.200. The van der Waals surface area contributed by atoms with E-state index in [0.717, 1.165) is 18.4 Å². The van der Waals surface area contributed by atoms with E-state index in [4.69, 9.17) is 0 Å². The van der Waals surface area contributed by atoms with Crippen LogP contribution in [0.15, 0.2) is 66.7 Å². The lowest BCUT2D eigenvalue weighted by molar-refractivity contribution is -0.275. The summed E-state index contributed by atoms with van der Waals surface area (Å²) in [4.78, 5) is 0. The third-order valence-corrected chi connectivity index (χ3v) is 4.83. The van der Waals surface area contributed by atoms with Gasteiger partial charge >= 0.3 is 12.5 Å². The van der Waals surface area contributed by atoms with Crippen molar-refractivity contribution in [3.8, 4) is 22.6 Å². The van der Waals surface area contributed by atoms with E-state index in [1.54, 1.807) is 24.3 Å². The zero-order chi connectivity index (χ0) is 25.8. The molecule has 3 aromatic carbocycles. The molecule has 0 aliphatic rings. The Balaban J connectivity index is 1.82. The Morgan fingerprint density at radius 2 is 1.37 bits per heavy atom. The maximum absolute atomic E-state index is 14.6. The van der Waals surface area contributed by atoms with Gasteiger partial charge < -0.3 is 9.47 Å². The number of hydrogen-bond donors (Lipinski definition) is 0. The molecule has 0 aromatic heterocycles. The molecule has 0 spiro atoms. The molecule has 0 saturated heterocycles. The van der Waals surface area contributed by atoms with Crippen molar-refractivity contribution in [2.75, 3.05) is 0 Å². The van der Waals surface area contributed by atoms with E-state index < -0.39 is 47.0 Å². The third kappa shape index (κ3) is 6.74. The van der Waals surface area contributed by atoms with Gasteiger partial charge in [-0.05, 0) is 60.7 Å². The molecule has 0 atom stereocenters. The van der Waals surface area contributed by atoms with Crippen LogP contribution < -0.4 is 9.47 Å². The highest BCUT2D eigenvalue weighted by molar-refractivity contribution is 5.64. The van der Waals surface area contributed by atoms with Gasteiger partial charge in [-0.1, -0.05) is 36.4 Å². The van der Waals surface area contributed by atoms with E-state index in [2.05, 4.69) is 9.47 Å². The maximum Gasteiger partial charge on any atom is 0.573 e. The second kappa shape index (κ2) is 10.4. The summed E-state index contributed by atoms with van der Waals surface area (Å²) >= 11 is 0. The monoisotopic (exact) mass is 502 g/mol. The van der Waals surface area contributed by atoms with Crippen LogP contribution >= 0.6 is 0 Å². The van der Waals surface area contributed by atoms with Gasteiger partial charge in [0.2, 0.25) is 0 Å². The smallest absolute Gasteiger partial charge is 0.429 e. The zero-order valence-corrected chi connectivity index (χ0v) is 18.1. The van der Waals surface area contributed by atoms with Crippen molar-refractivity contribution < 1.29 is 44.6 Å². The molecule has 35 heavy (non-hydrogen) atoms. The van der Waals surface area contributed by atoms with Gasteiger partial charge in [0.25, 0.3) is 0 Å². The number of hydrogen-bond acceptors (Lipinski definition) is 2. The number of allylic oxidation sites excluding steroid dienone is 2. The van der Waals surface area contributed by atoms with E-state index in [1.165, 1.54) is 0 Å². The fourth-order valence-electron chi connectivity index (χ4n) is 3.25. The van der Waals surface area contributed by atoms with Gasteiger partial charge in [0.05, 0.1) is 0 Å². The average Bonchev–Trinajstić information content (AvgIpc) is 2.74. The minimum Gasteiger partial charge on any atom is -0.429 e. The van der Waals surface area contributed by atoms with Crippen molar-refractivity contribution in [2.24, 2.45) is 0 Å². The lowest BCUT2D eigenvalue weighted by atomic mass is 10.00. The zero-order valence-electron chi connectivity index (χ0n) is 18.1. The molecule has 186 valence electrons. The molecular formula is C25H18F8O2. The van der Waals surface area contributed by atoms with E-state index >= 15 is 0 Å². The van der Waals surface area contributed by atoms with Crippen molar-refractivity contribution >= 4 is 0 Å². The van der Waals surface area contributed by atoms with Crippen LogP contribution in [0.5, 0.6) is 11.5 Å². The molecule has 2 nitrogen and oxygen atoms in total. The van der Waals surface area contributed by atoms with E-state index in [9.17, 15) is 35.1 Å². The Morgan fingerprint density at radius 1 is 0.743 bits per heavy atom. The normalized spacial score (nSPS) is 12.3. The maximum atomic E-state index is 14.6. The van der Waals surface area contributed by atoms with Gasteiger partial charge in [-0.15, -0.1) is 13.2 Å². The van der Waals surface area contributed by atoms with E-state index in [0.29, 0.717) is 29.8 Å². The quantitative estimate of drug-likeness (QED) is 0.228. The van der Waals surface area contributed by atoms with Gasteiger partial charge in [-0.25, -0.2) is 13.2 Å². The second-order valence-electron chi connectivity index (χ2n) is 7.38. The predicted octanol–water partition coefficient (Wildman–Crippen LogP) is 8.31. The Bertz CT molecular complexity index is 1180. The lowest BCUT2D eigenvalue weighted by Gasteiger charge is -2.20. The molecule has 0 heterocycles. The predicted molar refractivity (Wildman–Crippen MR) is 113 cm³/mol. The van der Waals surface area contributed by atoms with Gasteiger partial charge in [0, 0.05) is 6.07 Å². The molecule has 3 aromatic rings. The van der Waals surface area contributed by atoms with Crippen LogP contribution in [0.25, 0.3) is 11.1 Å². The molecular weight excluding hydrogens is 484 g/mol. The molecule has 0 unspecified atom stereocenters. The molecule has 0 bridgehead atoms. The van der Waals surface area contributed by atoms with Crippen LogP contribution in [-0.2, 0) is 12.5 Å². The molecule has 10 heteroatoms. The third-order valence-electron chi connectivity index (χ3n) is 4.83. The number of ether oxygens (including phenoxy) is 2. The summed E-state index contributed by atoms with van der Waals surface area (Å²) in [6.45, 7) is 1.89. The van der Waals surface area contributed by atoms with Crippen LogP contribution in [0, 0.1) is 17.5 Å². The number of halogens is 8. The molecule has 0 N–H and O–H groups in total. The van der Waals surface area contributed by atoms with Crippen molar-refractivity contribution in [3.63, 3.8) is 0 Å². The largest absolute Gasteiger partial charge is 0.573 e.